The molecule has 2 aliphatic rings. The first kappa shape index (κ1) is 14.6. The molecule has 3 heteroatoms. The molecule has 106 valence electrons. The summed E-state index contributed by atoms with van der Waals surface area (Å²) in [4.78, 5) is 0. The average Bonchev–Trinajstić information content (AvgIpc) is 2.56. The zero-order chi connectivity index (χ0) is 12.6. The molecular formula is C16H23ClFN. The second-order valence-electron chi connectivity index (χ2n) is 6.16. The van der Waals surface area contributed by atoms with Crippen molar-refractivity contribution in [3.05, 3.63) is 29.6 Å². The zero-order valence-electron chi connectivity index (χ0n) is 11.5. The van der Waals surface area contributed by atoms with Crippen LogP contribution in [0, 0.1) is 5.82 Å². The molecule has 1 atom stereocenters. The minimum absolute atomic E-state index is 0. The molecule has 1 aliphatic carbocycles. The van der Waals surface area contributed by atoms with E-state index in [1.165, 1.54) is 38.5 Å². The molecule has 0 aromatic heterocycles. The molecule has 0 saturated heterocycles. The summed E-state index contributed by atoms with van der Waals surface area (Å²) in [5.41, 5.74) is 2.60. The van der Waals surface area contributed by atoms with Crippen LogP contribution < -0.4 is 5.32 Å². The van der Waals surface area contributed by atoms with Crippen molar-refractivity contribution in [3.63, 3.8) is 0 Å². The number of halogens is 2. The third-order valence-corrected chi connectivity index (χ3v) is 4.70. The van der Waals surface area contributed by atoms with Crippen molar-refractivity contribution >= 4 is 18.1 Å². The fourth-order valence-corrected chi connectivity index (χ4v) is 3.82. The summed E-state index contributed by atoms with van der Waals surface area (Å²) in [7, 11) is 0. The summed E-state index contributed by atoms with van der Waals surface area (Å²) in [6.07, 6.45) is 9.10. The maximum Gasteiger partial charge on any atom is 0.123 e. The van der Waals surface area contributed by atoms with Gasteiger partial charge in [0.25, 0.3) is 0 Å². The van der Waals surface area contributed by atoms with Gasteiger partial charge >= 0.3 is 0 Å². The SMILES string of the molecule is CC1CC2(CCCCCC2)Nc2ccc(F)cc21.Cl. The first-order valence-electron chi connectivity index (χ1n) is 7.26. The van der Waals surface area contributed by atoms with Crippen molar-refractivity contribution in [3.8, 4) is 0 Å². The Morgan fingerprint density at radius 1 is 1.16 bits per heavy atom. The Labute approximate surface area is 121 Å². The molecule has 0 radical (unpaired) electrons. The van der Waals surface area contributed by atoms with Crippen LogP contribution in [0.3, 0.4) is 0 Å². The average molecular weight is 284 g/mol. The van der Waals surface area contributed by atoms with Gasteiger partial charge in [0.15, 0.2) is 0 Å². The highest BCUT2D eigenvalue weighted by Gasteiger charge is 2.37. The Hall–Kier alpha value is -0.760. The fraction of sp³-hybridized carbons (Fsp3) is 0.625. The first-order valence-corrected chi connectivity index (χ1v) is 7.26. The minimum atomic E-state index is -0.112. The van der Waals surface area contributed by atoms with Crippen LogP contribution in [0.1, 0.15) is 63.4 Å². The molecule has 19 heavy (non-hydrogen) atoms. The third-order valence-electron chi connectivity index (χ3n) is 4.70. The molecule has 3 rings (SSSR count). The smallest absolute Gasteiger partial charge is 0.123 e. The highest BCUT2D eigenvalue weighted by atomic mass is 35.5. The predicted molar refractivity (Wildman–Crippen MR) is 80.7 cm³/mol. The highest BCUT2D eigenvalue weighted by molar-refractivity contribution is 5.85. The van der Waals surface area contributed by atoms with E-state index in [0.29, 0.717) is 5.92 Å². The number of nitrogens with one attached hydrogen (secondary N) is 1. The Bertz CT molecular complexity index is 438. The van der Waals surface area contributed by atoms with E-state index in [1.54, 1.807) is 12.1 Å². The van der Waals surface area contributed by atoms with Gasteiger partial charge in [-0.2, -0.15) is 0 Å². The lowest BCUT2D eigenvalue weighted by atomic mass is 9.75. The molecule has 1 fully saturated rings. The predicted octanol–water partition coefficient (Wildman–Crippen LogP) is 5.26. The van der Waals surface area contributed by atoms with Gasteiger partial charge in [-0.25, -0.2) is 4.39 Å². The second-order valence-corrected chi connectivity index (χ2v) is 6.16. The maximum absolute atomic E-state index is 13.3. The second kappa shape index (κ2) is 5.70. The number of fused-ring (bicyclic) bond motifs is 1. The lowest BCUT2D eigenvalue weighted by Crippen LogP contribution is -2.42. The lowest BCUT2D eigenvalue weighted by Gasteiger charge is -2.42. The van der Waals surface area contributed by atoms with Crippen LogP contribution in [-0.2, 0) is 0 Å². The van der Waals surface area contributed by atoms with Crippen LogP contribution in [0.4, 0.5) is 10.1 Å². The van der Waals surface area contributed by atoms with Gasteiger partial charge in [0.2, 0.25) is 0 Å². The summed E-state index contributed by atoms with van der Waals surface area (Å²) >= 11 is 0. The number of benzene rings is 1. The number of rotatable bonds is 0. The maximum atomic E-state index is 13.3. The number of hydrogen-bond donors (Lipinski definition) is 1. The summed E-state index contributed by atoms with van der Waals surface area (Å²) in [6, 6.07) is 5.21. The normalized spacial score (nSPS) is 24.8. The van der Waals surface area contributed by atoms with Gasteiger partial charge in [-0.15, -0.1) is 12.4 Å². The van der Waals surface area contributed by atoms with Gasteiger partial charge in [-0.3, -0.25) is 0 Å². The summed E-state index contributed by atoms with van der Waals surface area (Å²) in [5, 5.41) is 3.74. The van der Waals surface area contributed by atoms with E-state index < -0.39 is 0 Å². The van der Waals surface area contributed by atoms with Crippen LogP contribution >= 0.6 is 12.4 Å². The van der Waals surface area contributed by atoms with Crippen molar-refractivity contribution in [1.29, 1.82) is 0 Å². The molecule has 1 aromatic carbocycles. The van der Waals surface area contributed by atoms with Crippen molar-refractivity contribution in [2.24, 2.45) is 0 Å². The standard InChI is InChI=1S/C16H22FN.ClH/c1-12-11-16(8-4-2-3-5-9-16)18-15-7-6-13(17)10-14(12)15;/h6-7,10,12,18H,2-5,8-9,11H2,1H3;1H. The molecule has 1 aliphatic heterocycles. The van der Waals surface area contributed by atoms with E-state index in [2.05, 4.69) is 12.2 Å². The third kappa shape index (κ3) is 2.89. The van der Waals surface area contributed by atoms with Crippen LogP contribution in [0.15, 0.2) is 18.2 Å². The topological polar surface area (TPSA) is 12.0 Å². The van der Waals surface area contributed by atoms with Crippen molar-refractivity contribution in [2.75, 3.05) is 5.32 Å². The molecule has 1 heterocycles. The fourth-order valence-electron chi connectivity index (χ4n) is 3.82. The molecule has 1 spiro atoms. The van der Waals surface area contributed by atoms with E-state index in [-0.39, 0.29) is 23.8 Å². The monoisotopic (exact) mass is 283 g/mol. The first-order chi connectivity index (χ1) is 8.69. The number of hydrogen-bond acceptors (Lipinski definition) is 1. The molecule has 1 nitrogen and oxygen atoms in total. The van der Waals surface area contributed by atoms with Crippen molar-refractivity contribution < 1.29 is 4.39 Å². The summed E-state index contributed by atoms with van der Waals surface area (Å²) < 4.78 is 13.3. The molecule has 0 bridgehead atoms. The molecular weight excluding hydrogens is 261 g/mol. The number of anilines is 1. The van der Waals surface area contributed by atoms with E-state index in [1.807, 2.05) is 6.07 Å². The van der Waals surface area contributed by atoms with Gasteiger partial charge in [0.05, 0.1) is 0 Å². The Morgan fingerprint density at radius 3 is 2.53 bits per heavy atom. The lowest BCUT2D eigenvalue weighted by molar-refractivity contribution is 0.343. The van der Waals surface area contributed by atoms with E-state index >= 15 is 0 Å². The van der Waals surface area contributed by atoms with E-state index in [4.69, 9.17) is 0 Å². The molecule has 1 unspecified atom stereocenters. The molecule has 1 aromatic rings. The van der Waals surface area contributed by atoms with E-state index in [9.17, 15) is 4.39 Å². The minimum Gasteiger partial charge on any atom is -0.379 e. The van der Waals surface area contributed by atoms with E-state index in [0.717, 1.165) is 17.7 Å². The van der Waals surface area contributed by atoms with Gasteiger partial charge in [0.1, 0.15) is 5.82 Å². The van der Waals surface area contributed by atoms with Gasteiger partial charge in [-0.05, 0) is 48.9 Å². The van der Waals surface area contributed by atoms with Gasteiger partial charge < -0.3 is 5.32 Å². The molecule has 1 N–H and O–H groups in total. The van der Waals surface area contributed by atoms with Gasteiger partial charge in [0, 0.05) is 11.2 Å². The van der Waals surface area contributed by atoms with Crippen LogP contribution in [0.25, 0.3) is 0 Å². The van der Waals surface area contributed by atoms with Crippen LogP contribution in [0.2, 0.25) is 0 Å². The van der Waals surface area contributed by atoms with Crippen LogP contribution in [0.5, 0.6) is 0 Å². The Balaban J connectivity index is 0.00000133. The van der Waals surface area contributed by atoms with Crippen molar-refractivity contribution in [2.45, 2.75) is 63.3 Å². The zero-order valence-corrected chi connectivity index (χ0v) is 12.4. The molecule has 1 saturated carbocycles. The Kier molecular flexibility index (Phi) is 4.39. The van der Waals surface area contributed by atoms with Crippen molar-refractivity contribution in [1.82, 2.24) is 0 Å². The summed E-state index contributed by atoms with van der Waals surface area (Å²) in [6.45, 7) is 2.24. The quantitative estimate of drug-likeness (QED) is 0.685. The summed E-state index contributed by atoms with van der Waals surface area (Å²) in [5.74, 6) is 0.356. The highest BCUT2D eigenvalue weighted by Crippen LogP contribution is 2.44. The molecule has 0 amide bonds. The van der Waals surface area contributed by atoms with Gasteiger partial charge in [-0.1, -0.05) is 32.6 Å². The Morgan fingerprint density at radius 2 is 1.84 bits per heavy atom. The van der Waals surface area contributed by atoms with Crippen LogP contribution in [-0.4, -0.2) is 5.54 Å². The largest absolute Gasteiger partial charge is 0.379 e.